The number of benzene rings is 1. The number of halogens is 3. The van der Waals surface area contributed by atoms with Crippen molar-refractivity contribution < 1.29 is 18.1 Å². The smallest absolute Gasteiger partial charge is 0.292 e. The molecule has 20 heavy (non-hydrogen) atoms. The van der Waals surface area contributed by atoms with Gasteiger partial charge in [-0.3, -0.25) is 19.8 Å². The van der Waals surface area contributed by atoms with Crippen LogP contribution in [0.2, 0.25) is 0 Å². The second kappa shape index (κ2) is 5.04. The van der Waals surface area contributed by atoms with Gasteiger partial charge >= 0.3 is 6.18 Å². The molecule has 0 spiro atoms. The molecule has 1 aromatic heterocycles. The number of nitro groups is 1. The molecule has 0 aliphatic rings. The summed E-state index contributed by atoms with van der Waals surface area (Å²) in [7, 11) is 0. The van der Waals surface area contributed by atoms with E-state index in [9.17, 15) is 23.3 Å². The Hall–Kier alpha value is -2.23. The maximum absolute atomic E-state index is 12.7. The highest BCUT2D eigenvalue weighted by molar-refractivity contribution is 7.71. The van der Waals surface area contributed by atoms with E-state index in [-0.39, 0.29) is 17.0 Å². The number of alkyl halides is 3. The highest BCUT2D eigenvalue weighted by Gasteiger charge is 2.37. The quantitative estimate of drug-likeness (QED) is 0.537. The monoisotopic (exact) mass is 304 g/mol. The van der Waals surface area contributed by atoms with Crippen molar-refractivity contribution in [2.24, 2.45) is 0 Å². The van der Waals surface area contributed by atoms with Gasteiger partial charge in [0, 0.05) is 12.1 Å². The molecule has 2 rings (SSSR count). The molecule has 2 aromatic rings. The van der Waals surface area contributed by atoms with Crippen molar-refractivity contribution in [3.63, 3.8) is 0 Å². The fourth-order valence-corrected chi connectivity index (χ4v) is 1.78. The van der Waals surface area contributed by atoms with Gasteiger partial charge < -0.3 is 0 Å². The maximum Gasteiger partial charge on any atom is 0.451 e. The summed E-state index contributed by atoms with van der Waals surface area (Å²) in [6.45, 7) is -0.178. The lowest BCUT2D eigenvalue weighted by atomic mass is 10.2. The average molecular weight is 304 g/mol. The fraction of sp³-hybridized carbons (Fsp3) is 0.200. The van der Waals surface area contributed by atoms with E-state index >= 15 is 0 Å². The molecule has 1 heterocycles. The zero-order chi connectivity index (χ0) is 14.9. The molecule has 0 atom stereocenters. The Morgan fingerprint density at radius 3 is 2.45 bits per heavy atom. The van der Waals surface area contributed by atoms with E-state index in [1.165, 1.54) is 24.3 Å². The molecule has 0 bridgehead atoms. The normalized spacial score (nSPS) is 11.6. The van der Waals surface area contributed by atoms with Gasteiger partial charge in [0.15, 0.2) is 4.77 Å². The number of aromatic amines is 1. The Kier molecular flexibility index (Phi) is 3.57. The number of nitrogens with one attached hydrogen (secondary N) is 1. The molecule has 106 valence electrons. The molecule has 0 unspecified atom stereocenters. The van der Waals surface area contributed by atoms with E-state index in [1.54, 1.807) is 0 Å². The van der Waals surface area contributed by atoms with Crippen molar-refractivity contribution in [3.8, 4) is 0 Å². The van der Waals surface area contributed by atoms with Crippen LogP contribution in [0.15, 0.2) is 24.3 Å². The molecule has 0 amide bonds. The van der Waals surface area contributed by atoms with Crippen molar-refractivity contribution in [2.45, 2.75) is 12.7 Å². The van der Waals surface area contributed by atoms with E-state index < -0.39 is 16.9 Å². The highest BCUT2D eigenvalue weighted by Crippen LogP contribution is 2.28. The van der Waals surface area contributed by atoms with Gasteiger partial charge in [-0.2, -0.15) is 13.2 Å². The number of aromatic nitrogens is 3. The first-order valence-corrected chi connectivity index (χ1v) is 5.65. The van der Waals surface area contributed by atoms with Crippen molar-refractivity contribution in [1.29, 1.82) is 0 Å². The first-order valence-electron chi connectivity index (χ1n) is 5.25. The minimum Gasteiger partial charge on any atom is -0.292 e. The van der Waals surface area contributed by atoms with Crippen molar-refractivity contribution >= 4 is 17.9 Å². The van der Waals surface area contributed by atoms with Crippen LogP contribution in [-0.2, 0) is 12.7 Å². The summed E-state index contributed by atoms with van der Waals surface area (Å²) in [6.07, 6.45) is -4.63. The number of nitrogens with zero attached hydrogens (tertiary/aromatic N) is 3. The Bertz CT molecular complexity index is 690. The molecule has 0 fully saturated rings. The lowest BCUT2D eigenvalue weighted by Gasteiger charge is -2.09. The van der Waals surface area contributed by atoms with Gasteiger partial charge in [0.25, 0.3) is 5.69 Å². The van der Waals surface area contributed by atoms with Crippen LogP contribution in [0.25, 0.3) is 0 Å². The zero-order valence-electron chi connectivity index (χ0n) is 9.72. The number of non-ortho nitro benzene ring substituents is 1. The van der Waals surface area contributed by atoms with Crippen LogP contribution >= 0.6 is 12.2 Å². The summed E-state index contributed by atoms with van der Waals surface area (Å²) >= 11 is 4.74. The van der Waals surface area contributed by atoms with Crippen LogP contribution < -0.4 is 0 Å². The van der Waals surface area contributed by atoms with E-state index in [2.05, 4.69) is 10.2 Å². The average Bonchev–Trinajstić information content (AvgIpc) is 2.71. The van der Waals surface area contributed by atoms with E-state index in [4.69, 9.17) is 12.2 Å². The third kappa shape index (κ3) is 2.85. The van der Waals surface area contributed by atoms with Gasteiger partial charge in [-0.1, -0.05) is 12.1 Å². The maximum atomic E-state index is 12.7. The third-order valence-electron chi connectivity index (χ3n) is 2.50. The highest BCUT2D eigenvalue weighted by atomic mass is 32.1. The minimum absolute atomic E-state index is 0.138. The molecule has 0 radical (unpaired) electrons. The SMILES string of the molecule is O=[N+]([O-])c1ccc(Cn2c(C(F)(F)F)n[nH]c2=S)cc1. The van der Waals surface area contributed by atoms with Gasteiger partial charge in [0.2, 0.25) is 5.82 Å². The summed E-state index contributed by atoms with van der Waals surface area (Å²) in [6, 6.07) is 5.17. The molecule has 1 aromatic carbocycles. The van der Waals surface area contributed by atoms with Crippen LogP contribution in [0.4, 0.5) is 18.9 Å². The Balaban J connectivity index is 2.33. The van der Waals surface area contributed by atoms with Gasteiger partial charge in [-0.25, -0.2) is 0 Å². The lowest BCUT2D eigenvalue weighted by Crippen LogP contribution is -2.15. The minimum atomic E-state index is -4.63. The summed E-state index contributed by atoms with van der Waals surface area (Å²) in [5.74, 6) is -1.14. The molecule has 0 aliphatic carbocycles. The molecular weight excluding hydrogens is 297 g/mol. The molecule has 6 nitrogen and oxygen atoms in total. The topological polar surface area (TPSA) is 76.8 Å². The summed E-state index contributed by atoms with van der Waals surface area (Å²) in [4.78, 5) is 9.90. The van der Waals surface area contributed by atoms with E-state index in [1.807, 2.05) is 0 Å². The first kappa shape index (κ1) is 14.2. The number of hydrogen-bond acceptors (Lipinski definition) is 4. The van der Waals surface area contributed by atoms with Gasteiger partial charge in [0.05, 0.1) is 11.5 Å². The molecule has 0 aliphatic heterocycles. The second-order valence-corrected chi connectivity index (χ2v) is 4.25. The fourth-order valence-electron chi connectivity index (χ4n) is 1.59. The van der Waals surface area contributed by atoms with Crippen molar-refractivity contribution in [2.75, 3.05) is 0 Å². The summed E-state index contributed by atoms with van der Waals surface area (Å²) in [5, 5.41) is 15.7. The Morgan fingerprint density at radius 1 is 1.35 bits per heavy atom. The van der Waals surface area contributed by atoms with Crippen LogP contribution in [0.1, 0.15) is 11.4 Å². The van der Waals surface area contributed by atoms with Gasteiger partial charge in [0.1, 0.15) is 0 Å². The van der Waals surface area contributed by atoms with Crippen molar-refractivity contribution in [3.05, 3.63) is 50.5 Å². The molecule has 1 N–H and O–H groups in total. The number of nitro benzene ring substituents is 1. The van der Waals surface area contributed by atoms with Crippen LogP contribution in [0.5, 0.6) is 0 Å². The second-order valence-electron chi connectivity index (χ2n) is 3.86. The Labute approximate surface area is 115 Å². The Morgan fingerprint density at radius 2 is 1.95 bits per heavy atom. The van der Waals surface area contributed by atoms with Gasteiger partial charge in [-0.05, 0) is 17.8 Å². The number of H-pyrrole nitrogens is 1. The van der Waals surface area contributed by atoms with E-state index in [0.29, 0.717) is 5.56 Å². The number of hydrogen-bond donors (Lipinski definition) is 1. The molecule has 0 saturated carbocycles. The predicted octanol–water partition coefficient (Wildman–Crippen LogP) is 2.92. The zero-order valence-corrected chi connectivity index (χ0v) is 10.5. The molecule has 0 saturated heterocycles. The summed E-state index contributed by atoms with van der Waals surface area (Å²) in [5.41, 5.74) is 0.305. The molecular formula is C10H7F3N4O2S. The standard InChI is InChI=1S/C10H7F3N4O2S/c11-10(12,13)8-14-15-9(20)16(8)5-6-1-3-7(4-2-6)17(18)19/h1-4H,5H2,(H,15,20). The first-order chi connectivity index (χ1) is 9.29. The van der Waals surface area contributed by atoms with Crippen LogP contribution in [0.3, 0.4) is 0 Å². The van der Waals surface area contributed by atoms with E-state index in [0.717, 1.165) is 4.57 Å². The summed E-state index contributed by atoms with van der Waals surface area (Å²) < 4.78 is 38.7. The lowest BCUT2D eigenvalue weighted by molar-refractivity contribution is -0.384. The largest absolute Gasteiger partial charge is 0.451 e. The third-order valence-corrected chi connectivity index (χ3v) is 2.81. The van der Waals surface area contributed by atoms with Gasteiger partial charge in [-0.15, -0.1) is 5.10 Å². The van der Waals surface area contributed by atoms with Crippen LogP contribution in [-0.4, -0.2) is 19.7 Å². The van der Waals surface area contributed by atoms with Crippen LogP contribution in [0, 0.1) is 14.9 Å². The molecule has 10 heteroatoms. The predicted molar refractivity (Wildman–Crippen MR) is 64.6 cm³/mol. The van der Waals surface area contributed by atoms with Crippen molar-refractivity contribution in [1.82, 2.24) is 14.8 Å². The number of rotatable bonds is 3.